The first-order valence-corrected chi connectivity index (χ1v) is 5.86. The molecule has 1 heterocycles. The zero-order valence-corrected chi connectivity index (χ0v) is 10.6. The highest BCUT2D eigenvalue weighted by Crippen LogP contribution is 1.95. The lowest BCUT2D eigenvalue weighted by Crippen LogP contribution is -2.40. The Morgan fingerprint density at radius 2 is 2.11 bits per heavy atom. The van der Waals surface area contributed by atoms with E-state index in [9.17, 15) is 9.59 Å². The highest BCUT2D eigenvalue weighted by Gasteiger charge is 2.09. The molecule has 0 atom stereocenters. The van der Waals surface area contributed by atoms with Crippen molar-refractivity contribution >= 4 is 12.0 Å². The van der Waals surface area contributed by atoms with Crippen molar-refractivity contribution in [1.29, 1.82) is 0 Å². The molecule has 7 heteroatoms. The summed E-state index contributed by atoms with van der Waals surface area (Å²) in [6.07, 6.45) is 2.87. The molecular weight excluding hydrogens is 236 g/mol. The van der Waals surface area contributed by atoms with E-state index in [4.69, 9.17) is 5.11 Å². The van der Waals surface area contributed by atoms with Crippen LogP contribution in [0.15, 0.2) is 12.5 Å². The second-order valence-corrected chi connectivity index (χ2v) is 3.71. The highest BCUT2D eigenvalue weighted by molar-refractivity contribution is 5.84. The van der Waals surface area contributed by atoms with E-state index in [1.165, 1.54) is 12.5 Å². The maximum atomic E-state index is 11.6. The van der Waals surface area contributed by atoms with Crippen LogP contribution in [-0.2, 0) is 6.54 Å². The lowest BCUT2D eigenvalue weighted by molar-refractivity contribution is 0.0691. The molecule has 0 fully saturated rings. The van der Waals surface area contributed by atoms with E-state index >= 15 is 0 Å². The Bertz CT molecular complexity index is 412. The number of hydrogen-bond acceptors (Lipinski definition) is 3. The quantitative estimate of drug-likeness (QED) is 0.779. The Balaban J connectivity index is 2.37. The van der Waals surface area contributed by atoms with Gasteiger partial charge in [0.1, 0.15) is 0 Å². The maximum absolute atomic E-state index is 11.6. The number of amides is 2. The molecule has 0 aliphatic carbocycles. The molecule has 0 aliphatic heterocycles. The molecule has 0 unspecified atom stereocenters. The number of carboxylic acids is 1. The minimum Gasteiger partial charge on any atom is -0.476 e. The Hall–Kier alpha value is -2.05. The van der Waals surface area contributed by atoms with Crippen LogP contribution in [-0.4, -0.2) is 51.2 Å². The van der Waals surface area contributed by atoms with Gasteiger partial charge < -0.3 is 19.9 Å². The SMILES string of the molecule is CCN(CC)C(=O)NCCn1cnc(C(=O)O)c1. The van der Waals surface area contributed by atoms with E-state index < -0.39 is 5.97 Å². The van der Waals surface area contributed by atoms with Gasteiger partial charge in [-0.1, -0.05) is 0 Å². The van der Waals surface area contributed by atoms with Gasteiger partial charge in [0.25, 0.3) is 0 Å². The minimum atomic E-state index is -1.05. The van der Waals surface area contributed by atoms with Crippen molar-refractivity contribution in [3.63, 3.8) is 0 Å². The van der Waals surface area contributed by atoms with Crippen molar-refractivity contribution in [3.8, 4) is 0 Å². The van der Waals surface area contributed by atoms with Crippen LogP contribution in [0.4, 0.5) is 4.79 Å². The molecule has 0 saturated carbocycles. The summed E-state index contributed by atoms with van der Waals surface area (Å²) in [5, 5.41) is 11.5. The second-order valence-electron chi connectivity index (χ2n) is 3.71. The number of carbonyl (C=O) groups excluding carboxylic acids is 1. The highest BCUT2D eigenvalue weighted by atomic mass is 16.4. The third-order valence-corrected chi connectivity index (χ3v) is 2.55. The fourth-order valence-corrected chi connectivity index (χ4v) is 1.51. The third-order valence-electron chi connectivity index (χ3n) is 2.55. The monoisotopic (exact) mass is 254 g/mol. The Labute approximate surface area is 105 Å². The van der Waals surface area contributed by atoms with Gasteiger partial charge in [-0.25, -0.2) is 14.6 Å². The molecule has 0 bridgehead atoms. The molecule has 1 aromatic rings. The number of imidazole rings is 1. The second kappa shape index (κ2) is 6.63. The van der Waals surface area contributed by atoms with Crippen molar-refractivity contribution in [2.75, 3.05) is 19.6 Å². The first-order valence-electron chi connectivity index (χ1n) is 5.86. The summed E-state index contributed by atoms with van der Waals surface area (Å²) < 4.78 is 1.63. The topological polar surface area (TPSA) is 87.5 Å². The van der Waals surface area contributed by atoms with Gasteiger partial charge in [0.15, 0.2) is 5.69 Å². The van der Waals surface area contributed by atoms with Gasteiger partial charge in [0.05, 0.1) is 6.33 Å². The molecule has 0 aromatic carbocycles. The summed E-state index contributed by atoms with van der Waals surface area (Å²) in [5.74, 6) is -1.05. The fraction of sp³-hybridized carbons (Fsp3) is 0.545. The van der Waals surface area contributed by atoms with Crippen molar-refractivity contribution in [1.82, 2.24) is 19.8 Å². The molecule has 0 aliphatic rings. The van der Waals surface area contributed by atoms with Crippen molar-refractivity contribution in [2.24, 2.45) is 0 Å². The van der Waals surface area contributed by atoms with E-state index in [1.54, 1.807) is 9.47 Å². The number of rotatable bonds is 6. The number of carbonyl (C=O) groups is 2. The third kappa shape index (κ3) is 3.76. The van der Waals surface area contributed by atoms with Crippen molar-refractivity contribution < 1.29 is 14.7 Å². The van der Waals surface area contributed by atoms with Crippen LogP contribution in [0.2, 0.25) is 0 Å². The number of urea groups is 1. The lowest BCUT2D eigenvalue weighted by atomic mass is 10.5. The summed E-state index contributed by atoms with van der Waals surface area (Å²) in [7, 11) is 0. The van der Waals surface area contributed by atoms with Gasteiger partial charge in [0.2, 0.25) is 0 Å². The Kier molecular flexibility index (Phi) is 5.16. The first-order chi connectivity index (χ1) is 8.58. The predicted octanol–water partition coefficient (Wildman–Crippen LogP) is 0.633. The smallest absolute Gasteiger partial charge is 0.356 e. The van der Waals surface area contributed by atoms with Crippen molar-refractivity contribution in [3.05, 3.63) is 18.2 Å². The molecule has 2 amide bonds. The van der Waals surface area contributed by atoms with Crippen LogP contribution < -0.4 is 5.32 Å². The summed E-state index contributed by atoms with van der Waals surface area (Å²) in [6.45, 7) is 6.08. The Morgan fingerprint density at radius 1 is 1.44 bits per heavy atom. The average molecular weight is 254 g/mol. The molecule has 7 nitrogen and oxygen atoms in total. The molecule has 2 N–H and O–H groups in total. The number of hydrogen-bond donors (Lipinski definition) is 2. The summed E-state index contributed by atoms with van der Waals surface area (Å²) in [6, 6.07) is -0.112. The van der Waals surface area contributed by atoms with E-state index in [2.05, 4.69) is 10.3 Å². The normalized spacial score (nSPS) is 10.1. The van der Waals surface area contributed by atoms with Crippen LogP contribution in [0, 0.1) is 0 Å². The lowest BCUT2D eigenvalue weighted by Gasteiger charge is -2.19. The fourth-order valence-electron chi connectivity index (χ4n) is 1.51. The standard InChI is InChI=1S/C11H18N4O3/c1-3-15(4-2)11(18)12-5-6-14-7-9(10(16)17)13-8-14/h7-8H,3-6H2,1-2H3,(H,12,18)(H,16,17). The molecule has 1 aromatic heterocycles. The van der Waals surface area contributed by atoms with Gasteiger partial charge in [-0.05, 0) is 13.8 Å². The number of nitrogens with one attached hydrogen (secondary N) is 1. The average Bonchev–Trinajstić information content (AvgIpc) is 2.79. The van der Waals surface area contributed by atoms with Gasteiger partial charge >= 0.3 is 12.0 Å². The number of carboxylic acid groups (broad SMARTS) is 1. The van der Waals surface area contributed by atoms with Crippen LogP contribution in [0.1, 0.15) is 24.3 Å². The van der Waals surface area contributed by atoms with Gasteiger partial charge in [-0.2, -0.15) is 0 Å². The summed E-state index contributed by atoms with van der Waals surface area (Å²) >= 11 is 0. The molecule has 0 radical (unpaired) electrons. The predicted molar refractivity (Wildman–Crippen MR) is 65.5 cm³/mol. The summed E-state index contributed by atoms with van der Waals surface area (Å²) in [4.78, 5) is 27.6. The molecular formula is C11H18N4O3. The number of nitrogens with zero attached hydrogens (tertiary/aromatic N) is 3. The van der Waals surface area contributed by atoms with Crippen LogP contribution in [0.3, 0.4) is 0 Å². The van der Waals surface area contributed by atoms with Crippen LogP contribution in [0.25, 0.3) is 0 Å². The largest absolute Gasteiger partial charge is 0.476 e. The number of aromatic nitrogens is 2. The summed E-state index contributed by atoms with van der Waals surface area (Å²) in [5.41, 5.74) is 0.00469. The molecule has 0 spiro atoms. The molecule has 0 saturated heterocycles. The number of aromatic carboxylic acids is 1. The van der Waals surface area contributed by atoms with E-state index in [0.717, 1.165) is 0 Å². The minimum absolute atomic E-state index is 0.00469. The van der Waals surface area contributed by atoms with E-state index in [1.807, 2.05) is 13.8 Å². The molecule has 1 rings (SSSR count). The van der Waals surface area contributed by atoms with Crippen LogP contribution in [0.5, 0.6) is 0 Å². The van der Waals surface area contributed by atoms with Crippen molar-refractivity contribution in [2.45, 2.75) is 20.4 Å². The zero-order chi connectivity index (χ0) is 13.5. The van der Waals surface area contributed by atoms with Crippen LogP contribution >= 0.6 is 0 Å². The molecule has 18 heavy (non-hydrogen) atoms. The van der Waals surface area contributed by atoms with E-state index in [-0.39, 0.29) is 11.7 Å². The molecule has 100 valence electrons. The van der Waals surface area contributed by atoms with Gasteiger partial charge in [-0.3, -0.25) is 0 Å². The van der Waals surface area contributed by atoms with Gasteiger partial charge in [0, 0.05) is 32.4 Å². The maximum Gasteiger partial charge on any atom is 0.356 e. The van der Waals surface area contributed by atoms with Gasteiger partial charge in [-0.15, -0.1) is 0 Å². The zero-order valence-electron chi connectivity index (χ0n) is 10.6. The first kappa shape index (κ1) is 14.0. The van der Waals surface area contributed by atoms with E-state index in [0.29, 0.717) is 26.2 Å². The Morgan fingerprint density at radius 3 is 2.61 bits per heavy atom.